The molecule has 1 aliphatic carbocycles. The number of piperidine rings is 1. The number of benzene rings is 2. The molecule has 3 saturated heterocycles. The number of ether oxygens (including phenoxy) is 2. The Hall–Kier alpha value is -6.27. The van der Waals surface area contributed by atoms with Crippen molar-refractivity contribution in [3.63, 3.8) is 0 Å². The molecule has 9 rings (SSSR count). The fourth-order valence-electron chi connectivity index (χ4n) is 10.1. The first kappa shape index (κ1) is 44.0. The molecular weight excluding hydrogens is 856 g/mol. The highest BCUT2D eigenvalue weighted by atomic mass is 35.5. The van der Waals surface area contributed by atoms with Crippen LogP contribution in [0, 0.1) is 11.3 Å². The summed E-state index contributed by atoms with van der Waals surface area (Å²) in [5, 5.41) is 9.22. The van der Waals surface area contributed by atoms with Gasteiger partial charge in [-0.1, -0.05) is 11.6 Å². The van der Waals surface area contributed by atoms with Crippen LogP contribution in [0.5, 0.6) is 11.5 Å². The summed E-state index contributed by atoms with van der Waals surface area (Å²) in [6.07, 6.45) is 6.13. The Morgan fingerprint density at radius 1 is 0.969 bits per heavy atom. The third-order valence-electron chi connectivity index (χ3n) is 13.6. The van der Waals surface area contributed by atoms with Crippen LogP contribution in [-0.4, -0.2) is 126 Å². The molecule has 0 bridgehead atoms. The number of hydrogen-bond acceptors (Lipinski definition) is 14. The summed E-state index contributed by atoms with van der Waals surface area (Å²) in [6, 6.07) is 9.47. The van der Waals surface area contributed by atoms with Crippen LogP contribution in [0.2, 0.25) is 5.02 Å². The molecular formula is C46H53ClN10O8. The third-order valence-corrected chi connectivity index (χ3v) is 13.9. The Morgan fingerprint density at radius 3 is 2.42 bits per heavy atom. The lowest BCUT2D eigenvalue weighted by atomic mass is 9.65. The fraction of sp³-hybridized carbons (Fsp3) is 0.478. The standard InChI is InChI=1S/C46H53ClN10O8/c1-26(2)56-33-6-5-29(17-28(33)18-36(43(56)62)65-23-38(59)48-3)50-40-32(47)21-49-45(52-40)54-15-13-53(14-16-54)22-27-9-11-46(12-10-27)24-55(25-46)35-20-30(64-4)19-31-39(35)44(63)57(42(31)61)34-7-8-37(58)51-41(34)60/h5-6,17-21,26-27,34H,7-16,22-25H2,1-4H3,(H,48,59)(H,49,50,52)(H,51,58,60). The van der Waals surface area contributed by atoms with E-state index in [0.717, 1.165) is 87.3 Å². The first-order valence-corrected chi connectivity index (χ1v) is 22.6. The minimum Gasteiger partial charge on any atom is -0.497 e. The second-order valence-electron chi connectivity index (χ2n) is 18.1. The van der Waals surface area contributed by atoms with Crippen LogP contribution in [0.3, 0.4) is 0 Å². The first-order chi connectivity index (χ1) is 31.2. The summed E-state index contributed by atoms with van der Waals surface area (Å²) in [7, 11) is 3.04. The molecule has 1 spiro atoms. The predicted octanol–water partition coefficient (Wildman–Crippen LogP) is 4.12. The van der Waals surface area contributed by atoms with Gasteiger partial charge in [0.2, 0.25) is 17.8 Å². The van der Waals surface area contributed by atoms with Gasteiger partial charge in [0, 0.05) is 87.9 Å². The number of aromatic nitrogens is 3. The second-order valence-corrected chi connectivity index (χ2v) is 18.5. The molecule has 6 heterocycles. The number of fused-ring (bicyclic) bond motifs is 2. The largest absolute Gasteiger partial charge is 0.497 e. The van der Waals surface area contributed by atoms with Crippen molar-refractivity contribution >= 4 is 75.2 Å². The van der Waals surface area contributed by atoms with E-state index >= 15 is 0 Å². The maximum absolute atomic E-state index is 13.8. The summed E-state index contributed by atoms with van der Waals surface area (Å²) in [5.74, 6) is -0.253. The number of nitrogens with zero attached hydrogens (tertiary/aromatic N) is 7. The first-order valence-electron chi connectivity index (χ1n) is 22.2. The van der Waals surface area contributed by atoms with Crippen LogP contribution in [0.15, 0.2) is 47.4 Å². The van der Waals surface area contributed by atoms with E-state index in [4.69, 9.17) is 26.1 Å². The van der Waals surface area contributed by atoms with Crippen LogP contribution in [0.4, 0.5) is 23.1 Å². The van der Waals surface area contributed by atoms with Gasteiger partial charge in [0.1, 0.15) is 16.8 Å². The van der Waals surface area contributed by atoms with Crippen molar-refractivity contribution in [1.29, 1.82) is 0 Å². The number of carbonyl (C=O) groups excluding carboxylic acids is 5. The number of halogens is 1. The number of methoxy groups -OCH3 is 1. The van der Waals surface area contributed by atoms with Gasteiger partial charge in [0.15, 0.2) is 18.2 Å². The molecule has 2 aromatic carbocycles. The number of hydrogen-bond donors (Lipinski definition) is 3. The average molecular weight is 909 g/mol. The summed E-state index contributed by atoms with van der Waals surface area (Å²) >= 11 is 6.62. The van der Waals surface area contributed by atoms with E-state index in [1.165, 1.54) is 14.2 Å². The Morgan fingerprint density at radius 2 is 1.72 bits per heavy atom. The number of anilines is 4. The van der Waals surface area contributed by atoms with Gasteiger partial charge < -0.3 is 34.5 Å². The van der Waals surface area contributed by atoms with E-state index in [2.05, 4.69) is 35.6 Å². The van der Waals surface area contributed by atoms with E-state index in [9.17, 15) is 28.8 Å². The molecule has 3 N–H and O–H groups in total. The van der Waals surface area contributed by atoms with Crippen LogP contribution >= 0.6 is 11.6 Å². The molecule has 2 aromatic heterocycles. The van der Waals surface area contributed by atoms with E-state index in [0.29, 0.717) is 45.4 Å². The summed E-state index contributed by atoms with van der Waals surface area (Å²) in [5.41, 5.74) is 2.43. The minimum absolute atomic E-state index is 0.0635. The normalized spacial score (nSPS) is 20.0. The lowest BCUT2D eigenvalue weighted by Gasteiger charge is -2.55. The van der Waals surface area contributed by atoms with E-state index in [1.807, 2.05) is 38.1 Å². The van der Waals surface area contributed by atoms with Gasteiger partial charge >= 0.3 is 0 Å². The lowest BCUT2D eigenvalue weighted by Crippen LogP contribution is -2.58. The van der Waals surface area contributed by atoms with Crippen LogP contribution in [0.1, 0.15) is 79.1 Å². The number of carbonyl (C=O) groups is 5. The van der Waals surface area contributed by atoms with Gasteiger partial charge in [0.05, 0.1) is 35.6 Å². The monoisotopic (exact) mass is 908 g/mol. The number of imide groups is 2. The minimum atomic E-state index is -1.03. The Balaban J connectivity index is 0.790. The van der Waals surface area contributed by atoms with E-state index in [1.54, 1.807) is 22.9 Å². The molecule has 4 fully saturated rings. The summed E-state index contributed by atoms with van der Waals surface area (Å²) < 4.78 is 12.8. The van der Waals surface area contributed by atoms with Gasteiger partial charge in [-0.05, 0) is 82.2 Å². The van der Waals surface area contributed by atoms with Crippen LogP contribution in [0.25, 0.3) is 10.9 Å². The molecule has 19 heteroatoms. The third kappa shape index (κ3) is 8.44. The zero-order valence-corrected chi connectivity index (χ0v) is 37.7. The van der Waals surface area contributed by atoms with E-state index in [-0.39, 0.29) is 53.7 Å². The SMILES string of the molecule is CNC(=O)COc1cc2cc(Nc3nc(N4CCN(CC5CCC6(CC5)CN(c5cc(OC)cc7c5C(=O)N(C5CCC(=O)NC5=O)C7=O)C6)CC4)ncc3Cl)ccc2n(C(C)C)c1=O. The van der Waals surface area contributed by atoms with E-state index < -0.39 is 29.7 Å². The Bertz CT molecular complexity index is 2650. The molecule has 4 aromatic rings. The molecule has 1 saturated carbocycles. The molecule has 18 nitrogen and oxygen atoms in total. The Labute approximate surface area is 380 Å². The molecule has 5 aliphatic rings. The molecule has 342 valence electrons. The molecule has 0 radical (unpaired) electrons. The van der Waals surface area contributed by atoms with Gasteiger partial charge in [-0.3, -0.25) is 43.9 Å². The maximum atomic E-state index is 13.8. The predicted molar refractivity (Wildman–Crippen MR) is 243 cm³/mol. The number of pyridine rings is 1. The van der Waals surface area contributed by atoms with Crippen molar-refractivity contribution in [2.45, 2.75) is 64.5 Å². The van der Waals surface area contributed by atoms with Crippen molar-refractivity contribution in [2.24, 2.45) is 11.3 Å². The quantitative estimate of drug-likeness (QED) is 0.172. The lowest BCUT2D eigenvalue weighted by molar-refractivity contribution is -0.136. The average Bonchev–Trinajstić information content (AvgIpc) is 3.53. The molecule has 1 unspecified atom stereocenters. The summed E-state index contributed by atoms with van der Waals surface area (Å²) in [4.78, 5) is 94.3. The molecule has 4 aliphatic heterocycles. The molecule has 65 heavy (non-hydrogen) atoms. The number of rotatable bonds is 12. The zero-order chi connectivity index (χ0) is 45.7. The zero-order valence-electron chi connectivity index (χ0n) is 36.9. The summed E-state index contributed by atoms with van der Waals surface area (Å²) in [6.45, 7) is 9.41. The van der Waals surface area contributed by atoms with Gasteiger partial charge in [-0.15, -0.1) is 0 Å². The van der Waals surface area contributed by atoms with Crippen molar-refractivity contribution < 1.29 is 33.4 Å². The highest BCUT2D eigenvalue weighted by Gasteiger charge is 2.50. The number of amides is 5. The van der Waals surface area contributed by atoms with Gasteiger partial charge in [-0.2, -0.15) is 4.98 Å². The van der Waals surface area contributed by atoms with Crippen molar-refractivity contribution in [3.05, 3.63) is 69.1 Å². The number of nitrogens with one attached hydrogen (secondary N) is 3. The van der Waals surface area contributed by atoms with Crippen LogP contribution < -0.4 is 40.8 Å². The number of likely N-dealkylation sites (N-methyl/N-ethyl adjacent to an activating group) is 1. The van der Waals surface area contributed by atoms with Crippen molar-refractivity contribution in [2.75, 3.05) is 81.7 Å². The fourth-order valence-corrected chi connectivity index (χ4v) is 10.2. The van der Waals surface area contributed by atoms with Gasteiger partial charge in [-0.25, -0.2) is 4.98 Å². The second kappa shape index (κ2) is 17.6. The highest BCUT2D eigenvalue weighted by Crippen LogP contribution is 2.49. The van der Waals surface area contributed by atoms with Crippen LogP contribution in [-0.2, 0) is 14.4 Å². The van der Waals surface area contributed by atoms with Crippen molar-refractivity contribution in [3.8, 4) is 11.5 Å². The Kier molecular flexibility index (Phi) is 11.9. The smallest absolute Gasteiger partial charge is 0.293 e. The maximum Gasteiger partial charge on any atom is 0.293 e. The molecule has 1 atom stereocenters. The highest BCUT2D eigenvalue weighted by molar-refractivity contribution is 6.33. The topological polar surface area (TPSA) is 201 Å². The molecule has 5 amide bonds. The van der Waals surface area contributed by atoms with Crippen molar-refractivity contribution in [1.82, 2.24) is 35.0 Å². The number of piperazine rings is 1. The van der Waals surface area contributed by atoms with Gasteiger partial charge in [0.25, 0.3) is 23.3 Å².